The quantitative estimate of drug-likeness (QED) is 0.772. The van der Waals surface area contributed by atoms with Gasteiger partial charge in [0.15, 0.2) is 0 Å². The number of hydrogen-bond donors (Lipinski definition) is 1. The van der Waals surface area contributed by atoms with Gasteiger partial charge in [0.1, 0.15) is 0 Å². The molecular formula is C13H18N2O. The summed E-state index contributed by atoms with van der Waals surface area (Å²) in [5, 5.41) is 3.28. The van der Waals surface area contributed by atoms with Crippen molar-refractivity contribution in [2.45, 2.75) is 19.3 Å². The van der Waals surface area contributed by atoms with Crippen LogP contribution >= 0.6 is 0 Å². The third-order valence-corrected chi connectivity index (χ3v) is 2.76. The Morgan fingerprint density at radius 1 is 1.44 bits per heavy atom. The molecule has 0 bridgehead atoms. The molecule has 0 unspecified atom stereocenters. The molecule has 0 aromatic carbocycles. The molecular weight excluding hydrogens is 200 g/mol. The van der Waals surface area contributed by atoms with Crippen molar-refractivity contribution in [2.24, 2.45) is 0 Å². The van der Waals surface area contributed by atoms with Gasteiger partial charge < -0.3 is 10.1 Å². The lowest BCUT2D eigenvalue weighted by atomic mass is 9.91. The molecule has 1 aromatic rings. The Morgan fingerprint density at radius 2 is 2.31 bits per heavy atom. The molecule has 0 aliphatic heterocycles. The highest BCUT2D eigenvalue weighted by molar-refractivity contribution is 5.58. The molecule has 1 aromatic heterocycles. The minimum absolute atomic E-state index is 0.714. The van der Waals surface area contributed by atoms with E-state index < -0.39 is 0 Å². The molecule has 0 atom stereocenters. The molecule has 2 rings (SSSR count). The summed E-state index contributed by atoms with van der Waals surface area (Å²) in [6.07, 6.45) is 9.84. The first kappa shape index (κ1) is 11.1. The maximum absolute atomic E-state index is 4.99. The third kappa shape index (κ3) is 3.07. The van der Waals surface area contributed by atoms with Crippen LogP contribution in [0.25, 0.3) is 6.08 Å². The van der Waals surface area contributed by atoms with E-state index in [2.05, 4.69) is 22.4 Å². The van der Waals surface area contributed by atoms with Crippen LogP contribution in [0.3, 0.4) is 0 Å². The lowest BCUT2D eigenvalue weighted by Crippen LogP contribution is -2.07. The first-order chi connectivity index (χ1) is 7.88. The molecule has 1 heterocycles. The van der Waals surface area contributed by atoms with Crippen LogP contribution in [0.1, 0.15) is 24.8 Å². The zero-order valence-electron chi connectivity index (χ0n) is 9.70. The number of aromatic nitrogens is 1. The van der Waals surface area contributed by atoms with E-state index in [1.165, 1.54) is 30.4 Å². The van der Waals surface area contributed by atoms with Gasteiger partial charge in [-0.25, -0.2) is 0 Å². The van der Waals surface area contributed by atoms with Gasteiger partial charge in [0.2, 0.25) is 0 Å². The van der Waals surface area contributed by atoms with Crippen molar-refractivity contribution in [2.75, 3.05) is 25.6 Å². The van der Waals surface area contributed by atoms with Crippen LogP contribution in [0.15, 0.2) is 24.0 Å². The fourth-order valence-electron chi connectivity index (χ4n) is 1.69. The van der Waals surface area contributed by atoms with Crippen LogP contribution in [0.5, 0.6) is 0 Å². The second-order valence-electron chi connectivity index (χ2n) is 4.08. The van der Waals surface area contributed by atoms with Gasteiger partial charge in [0.25, 0.3) is 0 Å². The van der Waals surface area contributed by atoms with E-state index in [1.54, 1.807) is 7.11 Å². The molecule has 1 fully saturated rings. The Labute approximate surface area is 96.5 Å². The van der Waals surface area contributed by atoms with E-state index in [-0.39, 0.29) is 0 Å². The zero-order chi connectivity index (χ0) is 11.2. The van der Waals surface area contributed by atoms with Gasteiger partial charge in [-0.2, -0.15) is 0 Å². The predicted octanol–water partition coefficient (Wildman–Crippen LogP) is 2.71. The summed E-state index contributed by atoms with van der Waals surface area (Å²) in [6.45, 7) is 1.53. The van der Waals surface area contributed by atoms with Gasteiger partial charge >= 0.3 is 0 Å². The lowest BCUT2D eigenvalue weighted by molar-refractivity contribution is 0.211. The van der Waals surface area contributed by atoms with E-state index >= 15 is 0 Å². The number of ether oxygens (including phenoxy) is 1. The molecule has 1 N–H and O–H groups in total. The Bertz CT molecular complexity index is 368. The number of nitrogens with zero attached hydrogens (tertiary/aromatic N) is 1. The molecule has 0 saturated heterocycles. The van der Waals surface area contributed by atoms with Crippen LogP contribution in [0.4, 0.5) is 5.69 Å². The zero-order valence-corrected chi connectivity index (χ0v) is 9.70. The third-order valence-electron chi connectivity index (χ3n) is 2.76. The van der Waals surface area contributed by atoms with Crippen LogP contribution in [0.2, 0.25) is 0 Å². The summed E-state index contributed by atoms with van der Waals surface area (Å²) in [4.78, 5) is 4.23. The maximum atomic E-state index is 4.99. The highest BCUT2D eigenvalue weighted by Crippen LogP contribution is 2.27. The monoisotopic (exact) mass is 218 g/mol. The summed E-state index contributed by atoms with van der Waals surface area (Å²) in [7, 11) is 1.71. The van der Waals surface area contributed by atoms with E-state index in [9.17, 15) is 0 Å². The number of allylic oxidation sites excluding steroid dienone is 1. The number of pyridine rings is 1. The van der Waals surface area contributed by atoms with Crippen molar-refractivity contribution in [1.82, 2.24) is 4.98 Å². The summed E-state index contributed by atoms with van der Waals surface area (Å²) >= 11 is 0. The molecule has 1 saturated carbocycles. The molecule has 16 heavy (non-hydrogen) atoms. The van der Waals surface area contributed by atoms with Crippen molar-refractivity contribution in [3.8, 4) is 0 Å². The van der Waals surface area contributed by atoms with Crippen LogP contribution in [-0.4, -0.2) is 25.2 Å². The standard InChI is InChI=1S/C13H18N2O/c1-16-6-5-15-13-8-12(9-14-10-13)7-11-3-2-4-11/h7-10,15H,2-6H2,1H3. The Kier molecular flexibility index (Phi) is 3.94. The number of anilines is 1. The van der Waals surface area contributed by atoms with Crippen molar-refractivity contribution in [3.05, 3.63) is 29.6 Å². The smallest absolute Gasteiger partial charge is 0.0635 e. The van der Waals surface area contributed by atoms with Crippen molar-refractivity contribution in [1.29, 1.82) is 0 Å². The minimum Gasteiger partial charge on any atom is -0.383 e. The van der Waals surface area contributed by atoms with Crippen LogP contribution in [0, 0.1) is 0 Å². The van der Waals surface area contributed by atoms with Gasteiger partial charge in [-0.15, -0.1) is 0 Å². The molecule has 3 heteroatoms. The topological polar surface area (TPSA) is 34.1 Å². The summed E-state index contributed by atoms with van der Waals surface area (Å²) in [5.74, 6) is 0. The summed E-state index contributed by atoms with van der Waals surface area (Å²) in [5.41, 5.74) is 3.79. The average molecular weight is 218 g/mol. The van der Waals surface area contributed by atoms with Crippen molar-refractivity contribution in [3.63, 3.8) is 0 Å². The predicted molar refractivity (Wildman–Crippen MR) is 66.4 cm³/mol. The maximum Gasteiger partial charge on any atom is 0.0635 e. The van der Waals surface area contributed by atoms with Gasteiger partial charge in [0, 0.05) is 26.0 Å². The van der Waals surface area contributed by atoms with E-state index in [0.29, 0.717) is 6.61 Å². The highest BCUT2D eigenvalue weighted by Gasteiger charge is 2.07. The SMILES string of the molecule is COCCNc1cncc(C=C2CCC2)c1. The first-order valence-corrected chi connectivity index (χ1v) is 5.76. The largest absolute Gasteiger partial charge is 0.383 e. The Morgan fingerprint density at radius 3 is 3.00 bits per heavy atom. The van der Waals surface area contributed by atoms with E-state index in [4.69, 9.17) is 4.74 Å². The first-order valence-electron chi connectivity index (χ1n) is 5.76. The average Bonchev–Trinajstić information content (AvgIpc) is 2.25. The van der Waals surface area contributed by atoms with Crippen LogP contribution < -0.4 is 5.32 Å². The fourth-order valence-corrected chi connectivity index (χ4v) is 1.69. The summed E-state index contributed by atoms with van der Waals surface area (Å²) < 4.78 is 4.99. The van der Waals surface area contributed by atoms with E-state index in [1.807, 2.05) is 12.4 Å². The normalized spacial score (nSPS) is 14.4. The van der Waals surface area contributed by atoms with E-state index in [0.717, 1.165) is 12.2 Å². The van der Waals surface area contributed by atoms with Gasteiger partial charge in [-0.3, -0.25) is 4.98 Å². The molecule has 1 aliphatic carbocycles. The Hall–Kier alpha value is -1.35. The molecule has 0 amide bonds. The highest BCUT2D eigenvalue weighted by atomic mass is 16.5. The van der Waals surface area contributed by atoms with Crippen molar-refractivity contribution >= 4 is 11.8 Å². The molecule has 1 aliphatic rings. The number of methoxy groups -OCH3 is 1. The molecule has 0 spiro atoms. The lowest BCUT2D eigenvalue weighted by Gasteiger charge is -2.16. The molecule has 0 radical (unpaired) electrons. The second-order valence-corrected chi connectivity index (χ2v) is 4.08. The minimum atomic E-state index is 0.714. The molecule has 3 nitrogen and oxygen atoms in total. The van der Waals surface area contributed by atoms with Gasteiger partial charge in [-0.05, 0) is 30.9 Å². The van der Waals surface area contributed by atoms with Crippen LogP contribution in [-0.2, 0) is 4.74 Å². The second kappa shape index (κ2) is 5.66. The number of rotatable bonds is 5. The number of hydrogen-bond acceptors (Lipinski definition) is 3. The van der Waals surface area contributed by atoms with Gasteiger partial charge in [-0.1, -0.05) is 11.6 Å². The Balaban J connectivity index is 1.96. The fraction of sp³-hybridized carbons (Fsp3) is 0.462. The van der Waals surface area contributed by atoms with Gasteiger partial charge in [0.05, 0.1) is 12.3 Å². The summed E-state index contributed by atoms with van der Waals surface area (Å²) in [6, 6.07) is 2.13. The number of nitrogens with one attached hydrogen (secondary N) is 1. The molecule has 86 valence electrons. The van der Waals surface area contributed by atoms with Crippen molar-refractivity contribution < 1.29 is 4.74 Å².